The van der Waals surface area contributed by atoms with Crippen LogP contribution >= 0.6 is 23.4 Å². The van der Waals surface area contributed by atoms with E-state index in [1.807, 2.05) is 73.1 Å². The number of amides is 1. The van der Waals surface area contributed by atoms with E-state index < -0.39 is 0 Å². The maximum absolute atomic E-state index is 13.3. The molecule has 0 radical (unpaired) electrons. The number of carbonyl (C=O) groups excluding carboxylic acids is 1. The van der Waals surface area contributed by atoms with Gasteiger partial charge in [0.25, 0.3) is 0 Å². The molecule has 1 aliphatic rings. The predicted molar refractivity (Wildman–Crippen MR) is 119 cm³/mol. The van der Waals surface area contributed by atoms with Crippen LogP contribution in [0.5, 0.6) is 5.75 Å². The van der Waals surface area contributed by atoms with E-state index in [9.17, 15) is 4.79 Å². The minimum atomic E-state index is -0.358. The number of ether oxygens (including phenoxy) is 1. The topological polar surface area (TPSA) is 55.3 Å². The number of nitrogens with zero attached hydrogens (tertiary/aromatic N) is 1. The Hall–Kier alpha value is -2.57. The Bertz CT molecular complexity index is 1050. The summed E-state index contributed by atoms with van der Waals surface area (Å²) < 4.78 is 7.31. The summed E-state index contributed by atoms with van der Waals surface area (Å²) >= 11 is 7.77. The largest absolute Gasteiger partial charge is 0.497 e. The number of anilines is 1. The first-order valence-corrected chi connectivity index (χ1v) is 10.5. The Kier molecular flexibility index (Phi) is 5.48. The second-order valence-corrected chi connectivity index (χ2v) is 8.54. The average molecular weight is 428 g/mol. The lowest BCUT2D eigenvalue weighted by atomic mass is 10.0. The molecule has 0 bridgehead atoms. The molecule has 0 aliphatic carbocycles. The van der Waals surface area contributed by atoms with Gasteiger partial charge < -0.3 is 15.5 Å². The van der Waals surface area contributed by atoms with Gasteiger partial charge >= 0.3 is 0 Å². The molecule has 0 saturated carbocycles. The number of aromatic nitrogens is 1. The van der Waals surface area contributed by atoms with Crippen LogP contribution in [-0.4, -0.2) is 22.9 Å². The quantitative estimate of drug-likeness (QED) is 0.603. The fourth-order valence-electron chi connectivity index (χ4n) is 3.39. The zero-order valence-electron chi connectivity index (χ0n) is 16.4. The van der Waals surface area contributed by atoms with Crippen molar-refractivity contribution in [3.8, 4) is 5.75 Å². The molecule has 2 heterocycles. The SMILES string of the molecule is COc1ccc([C@@H]2Nn3c(C)ccc3S[C@@H]2C(=O)Nc2cccc(Cl)c2C)cc1. The third-order valence-corrected chi connectivity index (χ3v) is 6.83. The molecule has 1 amide bonds. The van der Waals surface area contributed by atoms with E-state index >= 15 is 0 Å². The second kappa shape index (κ2) is 8.05. The van der Waals surface area contributed by atoms with Crippen LogP contribution in [0, 0.1) is 13.8 Å². The van der Waals surface area contributed by atoms with Crippen molar-refractivity contribution in [3.05, 3.63) is 76.4 Å². The van der Waals surface area contributed by atoms with Crippen LogP contribution in [-0.2, 0) is 4.79 Å². The number of carbonyl (C=O) groups is 1. The number of methoxy groups -OCH3 is 1. The summed E-state index contributed by atoms with van der Waals surface area (Å²) in [6, 6.07) is 17.2. The lowest BCUT2D eigenvalue weighted by Gasteiger charge is -2.34. The first-order chi connectivity index (χ1) is 14.0. The fourth-order valence-corrected chi connectivity index (χ4v) is 4.79. The number of halogens is 1. The maximum Gasteiger partial charge on any atom is 0.240 e. The lowest BCUT2D eigenvalue weighted by molar-refractivity contribution is -0.116. The van der Waals surface area contributed by atoms with Crippen molar-refractivity contribution in [2.45, 2.75) is 30.2 Å². The average Bonchev–Trinajstić information content (AvgIpc) is 3.10. The van der Waals surface area contributed by atoms with Crippen molar-refractivity contribution in [1.82, 2.24) is 4.68 Å². The molecule has 2 aromatic carbocycles. The van der Waals surface area contributed by atoms with Gasteiger partial charge in [-0.15, -0.1) is 0 Å². The molecule has 1 aromatic heterocycles. The van der Waals surface area contributed by atoms with Gasteiger partial charge in [0, 0.05) is 16.4 Å². The Balaban J connectivity index is 1.67. The van der Waals surface area contributed by atoms with Gasteiger partial charge in [-0.2, -0.15) is 0 Å². The molecule has 3 aromatic rings. The van der Waals surface area contributed by atoms with E-state index in [1.165, 1.54) is 0 Å². The third-order valence-electron chi connectivity index (χ3n) is 5.12. The van der Waals surface area contributed by atoms with Gasteiger partial charge in [0.1, 0.15) is 11.0 Å². The van der Waals surface area contributed by atoms with Crippen LogP contribution in [0.1, 0.15) is 22.9 Å². The fraction of sp³-hybridized carbons (Fsp3) is 0.227. The molecule has 0 fully saturated rings. The van der Waals surface area contributed by atoms with Crippen molar-refractivity contribution >= 4 is 35.0 Å². The monoisotopic (exact) mass is 427 g/mol. The molecule has 1 aliphatic heterocycles. The molecule has 29 heavy (non-hydrogen) atoms. The van der Waals surface area contributed by atoms with E-state index in [2.05, 4.69) is 10.7 Å². The Morgan fingerprint density at radius 2 is 1.90 bits per heavy atom. The van der Waals surface area contributed by atoms with Gasteiger partial charge in [-0.1, -0.05) is 41.6 Å². The van der Waals surface area contributed by atoms with Crippen molar-refractivity contribution in [3.63, 3.8) is 0 Å². The van der Waals surface area contributed by atoms with Gasteiger partial charge in [0.2, 0.25) is 5.91 Å². The molecule has 0 saturated heterocycles. The highest BCUT2D eigenvalue weighted by molar-refractivity contribution is 8.00. The van der Waals surface area contributed by atoms with E-state index in [-0.39, 0.29) is 17.2 Å². The smallest absolute Gasteiger partial charge is 0.240 e. The first-order valence-electron chi connectivity index (χ1n) is 9.29. The predicted octanol–water partition coefficient (Wildman–Crippen LogP) is 5.16. The number of fused-ring (bicyclic) bond motifs is 1. The van der Waals surface area contributed by atoms with Gasteiger partial charge in [0.05, 0.1) is 18.2 Å². The maximum atomic E-state index is 13.3. The van der Waals surface area contributed by atoms with Crippen molar-refractivity contribution in [2.24, 2.45) is 0 Å². The standard InChI is InChI=1S/C22H22ClN3O2S/c1-13-7-12-19-26(13)25-20(15-8-10-16(28-3)11-9-15)21(29-19)22(27)24-18-6-4-5-17(23)14(18)2/h4-12,20-21,25H,1-3H3,(H,24,27)/t20-,21-/m0/s1. The molecule has 2 atom stereocenters. The van der Waals surface area contributed by atoms with Gasteiger partial charge in [0.15, 0.2) is 0 Å². The number of aryl methyl sites for hydroxylation is 1. The molecule has 4 rings (SSSR count). The highest BCUT2D eigenvalue weighted by Crippen LogP contribution is 2.39. The zero-order valence-corrected chi connectivity index (χ0v) is 18.0. The van der Waals surface area contributed by atoms with Crippen molar-refractivity contribution < 1.29 is 9.53 Å². The van der Waals surface area contributed by atoms with E-state index in [0.717, 1.165) is 33.3 Å². The summed E-state index contributed by atoms with van der Waals surface area (Å²) in [6.45, 7) is 3.94. The summed E-state index contributed by atoms with van der Waals surface area (Å²) in [5, 5.41) is 4.35. The zero-order chi connectivity index (χ0) is 20.5. The van der Waals surface area contributed by atoms with Crippen LogP contribution in [0.4, 0.5) is 5.69 Å². The molecule has 5 nitrogen and oxygen atoms in total. The van der Waals surface area contributed by atoms with Crippen molar-refractivity contribution in [2.75, 3.05) is 17.9 Å². The summed E-state index contributed by atoms with van der Waals surface area (Å²) in [4.78, 5) is 13.3. The minimum absolute atomic E-state index is 0.0706. The number of rotatable bonds is 4. The Morgan fingerprint density at radius 1 is 1.14 bits per heavy atom. The number of nitrogens with one attached hydrogen (secondary N) is 2. The van der Waals surface area contributed by atoms with Crippen LogP contribution < -0.4 is 15.5 Å². The van der Waals surface area contributed by atoms with Crippen molar-refractivity contribution in [1.29, 1.82) is 0 Å². The summed E-state index contributed by atoms with van der Waals surface area (Å²) in [6.07, 6.45) is 0. The lowest BCUT2D eigenvalue weighted by Crippen LogP contribution is -2.41. The second-order valence-electron chi connectivity index (χ2n) is 6.97. The Labute approximate surface area is 179 Å². The van der Waals surface area contributed by atoms with Crippen LogP contribution in [0.15, 0.2) is 59.6 Å². The molecule has 150 valence electrons. The molecule has 0 spiro atoms. The van der Waals surface area contributed by atoms with Crippen LogP contribution in [0.25, 0.3) is 0 Å². The van der Waals surface area contributed by atoms with Gasteiger partial charge in [-0.25, -0.2) is 0 Å². The molecular weight excluding hydrogens is 406 g/mol. The third kappa shape index (κ3) is 3.82. The van der Waals surface area contributed by atoms with Gasteiger partial charge in [-0.05, 0) is 61.4 Å². The van der Waals surface area contributed by atoms with E-state index in [1.54, 1.807) is 18.9 Å². The number of hydrogen-bond acceptors (Lipinski definition) is 4. The Morgan fingerprint density at radius 3 is 2.62 bits per heavy atom. The molecular formula is C22H22ClN3O2S. The van der Waals surface area contributed by atoms with E-state index in [4.69, 9.17) is 16.3 Å². The highest BCUT2D eigenvalue weighted by atomic mass is 35.5. The molecule has 0 unspecified atom stereocenters. The number of thioether (sulfide) groups is 1. The number of benzene rings is 2. The minimum Gasteiger partial charge on any atom is -0.497 e. The summed E-state index contributed by atoms with van der Waals surface area (Å²) in [5.41, 5.74) is 7.21. The van der Waals surface area contributed by atoms with Crippen LogP contribution in [0.2, 0.25) is 5.02 Å². The summed E-state index contributed by atoms with van der Waals surface area (Å²) in [5.74, 6) is 0.712. The normalized spacial score (nSPS) is 17.9. The first kappa shape index (κ1) is 19.7. The number of hydrogen-bond donors (Lipinski definition) is 2. The van der Waals surface area contributed by atoms with Crippen LogP contribution in [0.3, 0.4) is 0 Å². The molecule has 7 heteroatoms. The van der Waals surface area contributed by atoms with Gasteiger partial charge in [-0.3, -0.25) is 9.47 Å². The highest BCUT2D eigenvalue weighted by Gasteiger charge is 2.36. The summed E-state index contributed by atoms with van der Waals surface area (Å²) in [7, 11) is 1.64. The van der Waals surface area contributed by atoms with E-state index in [0.29, 0.717) is 5.02 Å². The molecule has 2 N–H and O–H groups in total.